The highest BCUT2D eigenvalue weighted by molar-refractivity contribution is 7.92. The Bertz CT molecular complexity index is 2910. The van der Waals surface area contributed by atoms with Crippen LogP contribution in [0.25, 0.3) is 27.7 Å². The van der Waals surface area contributed by atoms with Gasteiger partial charge in [0, 0.05) is 55.9 Å². The number of esters is 1. The van der Waals surface area contributed by atoms with Crippen molar-refractivity contribution in [2.75, 3.05) is 4.72 Å². The molecule has 6 aromatic rings. The van der Waals surface area contributed by atoms with Gasteiger partial charge in [0.2, 0.25) is 0 Å². The van der Waals surface area contributed by atoms with Crippen LogP contribution in [0.4, 0.5) is 14.5 Å². The van der Waals surface area contributed by atoms with Crippen LogP contribution in [-0.2, 0) is 39.6 Å². The van der Waals surface area contributed by atoms with E-state index in [0.717, 1.165) is 4.57 Å². The molecule has 0 spiro atoms. The van der Waals surface area contributed by atoms with Gasteiger partial charge in [0.15, 0.2) is 0 Å². The first-order valence-electron chi connectivity index (χ1n) is 18.5. The maximum Gasteiger partial charge on any atom is 0.347 e. The summed E-state index contributed by atoms with van der Waals surface area (Å²) in [5.41, 5.74) is -1.69. The maximum atomic E-state index is 15.5. The van der Waals surface area contributed by atoms with Crippen molar-refractivity contribution in [1.29, 1.82) is 0 Å². The Morgan fingerprint density at radius 1 is 0.933 bits per heavy atom. The van der Waals surface area contributed by atoms with Crippen LogP contribution in [0.5, 0.6) is 0 Å². The molecule has 4 heterocycles. The van der Waals surface area contributed by atoms with Gasteiger partial charge >= 0.3 is 17.3 Å². The Balaban J connectivity index is 1.21. The number of aromatic nitrogens is 6. The Morgan fingerprint density at radius 3 is 2.33 bits per heavy atom. The number of sulfonamides is 1. The highest BCUT2D eigenvalue weighted by atomic mass is 32.2. The third kappa shape index (κ3) is 8.95. The number of ether oxygens (including phenoxy) is 1. The third-order valence-electron chi connectivity index (χ3n) is 9.56. The second-order valence-electron chi connectivity index (χ2n) is 13.5. The van der Waals surface area contributed by atoms with Gasteiger partial charge in [-0.2, -0.15) is 0 Å². The van der Waals surface area contributed by atoms with E-state index in [9.17, 15) is 32.4 Å². The highest BCUT2D eigenvalue weighted by Gasteiger charge is 2.28. The number of carbonyl (C=O) groups excluding carboxylic acids is 2. The van der Waals surface area contributed by atoms with Gasteiger partial charge in [-0.1, -0.05) is 32.1 Å². The van der Waals surface area contributed by atoms with Crippen LogP contribution in [0, 0.1) is 11.6 Å². The molecular formula is C41H38F2N8O8S. The van der Waals surface area contributed by atoms with E-state index in [1.807, 2.05) is 4.72 Å². The molecule has 16 nitrogen and oxygen atoms in total. The topological polar surface area (TPSA) is 206 Å². The predicted octanol–water partition coefficient (Wildman–Crippen LogP) is 4.04. The second kappa shape index (κ2) is 17.8. The molecule has 0 fully saturated rings. The van der Waals surface area contributed by atoms with Gasteiger partial charge in [-0.05, 0) is 54.8 Å². The number of hydrogen-bond acceptors (Lipinski definition) is 11. The fraction of sp³-hybridized carbons (Fsp3) is 0.220. The number of amides is 1. The molecule has 2 N–H and O–H groups in total. The molecule has 19 heteroatoms. The van der Waals surface area contributed by atoms with Crippen LogP contribution in [0.3, 0.4) is 0 Å². The first-order valence-corrected chi connectivity index (χ1v) is 20.0. The zero-order valence-electron chi connectivity index (χ0n) is 32.5. The van der Waals surface area contributed by atoms with E-state index in [1.165, 1.54) is 95.7 Å². The molecule has 2 aromatic carbocycles. The van der Waals surface area contributed by atoms with E-state index >= 15 is 8.78 Å². The normalized spacial score (nSPS) is 12.0. The molecule has 60 heavy (non-hydrogen) atoms. The number of fused-ring (bicyclic) bond motifs is 1. The van der Waals surface area contributed by atoms with Crippen LogP contribution in [-0.4, -0.2) is 61.1 Å². The summed E-state index contributed by atoms with van der Waals surface area (Å²) in [6.07, 6.45) is 8.52. The quantitative estimate of drug-likeness (QED) is 0.112. The van der Waals surface area contributed by atoms with Crippen molar-refractivity contribution in [2.45, 2.75) is 56.7 Å². The van der Waals surface area contributed by atoms with Crippen LogP contribution in [0.1, 0.15) is 42.7 Å². The lowest BCUT2D eigenvalue weighted by molar-refractivity contribution is -0.151. The van der Waals surface area contributed by atoms with E-state index in [1.54, 1.807) is 13.8 Å². The van der Waals surface area contributed by atoms with Gasteiger partial charge in [-0.15, -0.1) is 6.58 Å². The lowest BCUT2D eigenvalue weighted by Gasteiger charge is -2.21. The lowest BCUT2D eigenvalue weighted by Crippen LogP contribution is -2.45. The van der Waals surface area contributed by atoms with Gasteiger partial charge in [0.25, 0.3) is 21.5 Å². The number of hydrogen-bond donors (Lipinski definition) is 2. The molecule has 6 rings (SSSR count). The van der Waals surface area contributed by atoms with Crippen molar-refractivity contribution in [1.82, 2.24) is 34.0 Å². The molecule has 0 saturated carbocycles. The number of anilines is 1. The fourth-order valence-electron chi connectivity index (χ4n) is 6.24. The SMILES string of the molecule is C=CCn1cc(-c2ccc(S(=O)(=O)Nc3cc(F)c(C(=O)NC(Cc4ccc(-n5c(=O)c6ccncc6n(C)c5=O)cn4)C(=O)OC(CC)CC)cc3F)cc2)cnc1=O. The second-order valence-corrected chi connectivity index (χ2v) is 15.2. The van der Waals surface area contributed by atoms with Gasteiger partial charge in [-0.3, -0.25) is 33.4 Å². The monoisotopic (exact) mass is 840 g/mol. The summed E-state index contributed by atoms with van der Waals surface area (Å²) in [6.45, 7) is 7.39. The molecule has 310 valence electrons. The van der Waals surface area contributed by atoms with Gasteiger partial charge in [0.1, 0.15) is 23.8 Å². The third-order valence-corrected chi connectivity index (χ3v) is 10.9. The Hall–Kier alpha value is -7.15. The molecular weight excluding hydrogens is 803 g/mol. The smallest absolute Gasteiger partial charge is 0.347 e. The van der Waals surface area contributed by atoms with Gasteiger partial charge in [0.05, 0.1) is 45.1 Å². The summed E-state index contributed by atoms with van der Waals surface area (Å²) in [5, 5.41) is 2.62. The van der Waals surface area contributed by atoms with Crippen LogP contribution in [0.15, 0.2) is 118 Å². The predicted molar refractivity (Wildman–Crippen MR) is 217 cm³/mol. The molecule has 4 aromatic heterocycles. The number of nitrogens with one attached hydrogen (secondary N) is 2. The molecule has 0 radical (unpaired) electrons. The van der Waals surface area contributed by atoms with Crippen LogP contribution >= 0.6 is 0 Å². The van der Waals surface area contributed by atoms with E-state index < -0.39 is 73.9 Å². The van der Waals surface area contributed by atoms with E-state index in [-0.39, 0.29) is 34.6 Å². The zero-order valence-corrected chi connectivity index (χ0v) is 33.3. The molecule has 0 aliphatic heterocycles. The minimum absolute atomic E-state index is 0.121. The largest absolute Gasteiger partial charge is 0.461 e. The number of aryl methyl sites for hydroxylation is 1. The van der Waals surface area contributed by atoms with E-state index in [0.29, 0.717) is 41.6 Å². The summed E-state index contributed by atoms with van der Waals surface area (Å²) in [5.74, 6) is -4.70. The summed E-state index contributed by atoms with van der Waals surface area (Å²) >= 11 is 0. The maximum absolute atomic E-state index is 15.5. The summed E-state index contributed by atoms with van der Waals surface area (Å²) in [6, 6.07) is 9.19. The summed E-state index contributed by atoms with van der Waals surface area (Å²) in [7, 11) is -2.99. The molecule has 0 aliphatic carbocycles. The Kier molecular flexibility index (Phi) is 12.6. The molecule has 1 amide bonds. The summed E-state index contributed by atoms with van der Waals surface area (Å²) < 4.78 is 68.4. The number of halogens is 2. The lowest BCUT2D eigenvalue weighted by atomic mass is 10.1. The van der Waals surface area contributed by atoms with E-state index in [4.69, 9.17) is 4.74 Å². The molecule has 1 atom stereocenters. The first-order chi connectivity index (χ1) is 28.6. The van der Waals surface area contributed by atoms with Crippen molar-refractivity contribution in [2.24, 2.45) is 7.05 Å². The number of rotatable bonds is 15. The Labute approximate surface area is 340 Å². The average molecular weight is 841 g/mol. The van der Waals surface area contributed by atoms with Crippen LogP contribution in [0.2, 0.25) is 0 Å². The molecule has 0 bridgehead atoms. The van der Waals surface area contributed by atoms with E-state index in [2.05, 4.69) is 26.8 Å². The molecule has 0 saturated heterocycles. The number of pyridine rings is 2. The standard InChI is InChI=1S/C41H38F2N8O8S/c1-5-16-50-23-25(20-46-40(50)55)24-8-12-29(13-9-24)60(57,58)48-34-19-32(42)31(18-33(34)43)37(52)47-35(39(54)59-28(6-2)7-3)17-26-10-11-27(21-45-26)51-38(53)30-14-15-44-22-36(30)49(4)41(51)56/h5,8-15,18-23,28,35,48H,1,6-7,16-17H2,2-4H3,(H,47,52). The van der Waals surface area contributed by atoms with Crippen molar-refractivity contribution >= 4 is 38.5 Å². The Morgan fingerprint density at radius 2 is 1.67 bits per heavy atom. The first kappa shape index (κ1) is 42.5. The van der Waals surface area contributed by atoms with Gasteiger partial charge < -0.3 is 10.1 Å². The van der Waals surface area contributed by atoms with Gasteiger partial charge in [-0.25, -0.2) is 41.1 Å². The number of benzene rings is 2. The minimum Gasteiger partial charge on any atom is -0.461 e. The number of allylic oxidation sites excluding steroid dienone is 1. The zero-order chi connectivity index (χ0) is 43.3. The average Bonchev–Trinajstić information content (AvgIpc) is 3.24. The number of carbonyl (C=O) groups is 2. The highest BCUT2D eigenvalue weighted by Crippen LogP contribution is 2.25. The van der Waals surface area contributed by atoms with Crippen LogP contribution < -0.4 is 27.0 Å². The fourth-order valence-corrected chi connectivity index (χ4v) is 7.29. The minimum atomic E-state index is -4.48. The van der Waals surface area contributed by atoms with Crippen molar-refractivity contribution < 1.29 is 31.5 Å². The van der Waals surface area contributed by atoms with Crippen molar-refractivity contribution in [3.63, 3.8) is 0 Å². The van der Waals surface area contributed by atoms with Crippen molar-refractivity contribution in [3.05, 3.63) is 152 Å². The summed E-state index contributed by atoms with van der Waals surface area (Å²) in [4.78, 5) is 77.0. The molecule has 0 aliphatic rings. The van der Waals surface area contributed by atoms with Crippen molar-refractivity contribution in [3.8, 4) is 16.8 Å². The number of nitrogens with zero attached hydrogens (tertiary/aromatic N) is 6. The molecule has 1 unspecified atom stereocenters.